The summed E-state index contributed by atoms with van der Waals surface area (Å²) in [5.41, 5.74) is 6.27. The van der Waals surface area contributed by atoms with E-state index in [1.165, 1.54) is 0 Å². The largest absolute Gasteiger partial charge is 0.393 e. The lowest BCUT2D eigenvalue weighted by molar-refractivity contribution is 0.691. The highest BCUT2D eigenvalue weighted by Crippen LogP contribution is 2.12. The predicted octanol–water partition coefficient (Wildman–Crippen LogP) is 1.60. The molecule has 0 bridgehead atoms. The van der Waals surface area contributed by atoms with Crippen LogP contribution in [0, 0.1) is 6.92 Å². The minimum Gasteiger partial charge on any atom is -0.393 e. The number of rotatable bonds is 3. The fourth-order valence-electron chi connectivity index (χ4n) is 1.04. The highest BCUT2D eigenvalue weighted by atomic mass is 79.9. The van der Waals surface area contributed by atoms with Gasteiger partial charge in [-0.05, 0) is 28.4 Å². The van der Waals surface area contributed by atoms with Gasteiger partial charge in [-0.25, -0.2) is 0 Å². The van der Waals surface area contributed by atoms with Crippen LogP contribution in [0.4, 0.5) is 0 Å². The molecular formula is C9H11BrN2OS. The van der Waals surface area contributed by atoms with Crippen molar-refractivity contribution < 1.29 is 0 Å². The molecule has 14 heavy (non-hydrogen) atoms. The van der Waals surface area contributed by atoms with E-state index in [1.807, 2.05) is 6.92 Å². The van der Waals surface area contributed by atoms with Gasteiger partial charge in [0.25, 0.3) is 5.56 Å². The van der Waals surface area contributed by atoms with Crippen molar-refractivity contribution in [1.82, 2.24) is 4.57 Å². The molecule has 2 N–H and O–H groups in total. The molecule has 0 aromatic carbocycles. The molecule has 1 aromatic rings. The van der Waals surface area contributed by atoms with Crippen LogP contribution in [0.25, 0.3) is 0 Å². The van der Waals surface area contributed by atoms with Crippen molar-refractivity contribution in [3.8, 4) is 0 Å². The molecule has 0 aliphatic rings. The third-order valence-electron chi connectivity index (χ3n) is 1.87. The zero-order valence-corrected chi connectivity index (χ0v) is 10.2. The zero-order valence-electron chi connectivity index (χ0n) is 7.79. The van der Waals surface area contributed by atoms with Gasteiger partial charge in [0.2, 0.25) is 0 Å². The summed E-state index contributed by atoms with van der Waals surface area (Å²) in [6.07, 6.45) is 2.31. The Morgan fingerprint density at radius 1 is 1.71 bits per heavy atom. The van der Waals surface area contributed by atoms with Crippen LogP contribution in [0.1, 0.15) is 12.0 Å². The Morgan fingerprint density at radius 3 is 2.93 bits per heavy atom. The molecular weight excluding hydrogens is 264 g/mol. The lowest BCUT2D eigenvalue weighted by Crippen LogP contribution is -2.22. The molecule has 0 aliphatic carbocycles. The van der Waals surface area contributed by atoms with Gasteiger partial charge in [0.1, 0.15) is 0 Å². The van der Waals surface area contributed by atoms with Crippen LogP contribution in [-0.4, -0.2) is 9.56 Å². The van der Waals surface area contributed by atoms with Crippen LogP contribution in [-0.2, 0) is 6.54 Å². The average Bonchev–Trinajstić information content (AvgIpc) is 2.09. The first-order chi connectivity index (χ1) is 6.50. The molecule has 0 unspecified atom stereocenters. The lowest BCUT2D eigenvalue weighted by atomic mass is 10.3. The molecule has 3 nitrogen and oxygen atoms in total. The smallest absolute Gasteiger partial charge is 0.250 e. The first kappa shape index (κ1) is 11.4. The molecule has 0 saturated heterocycles. The van der Waals surface area contributed by atoms with E-state index in [-0.39, 0.29) is 5.56 Å². The lowest BCUT2D eigenvalue weighted by Gasteiger charge is -2.06. The molecule has 0 aliphatic heterocycles. The Hall–Kier alpha value is -0.680. The van der Waals surface area contributed by atoms with Crippen LogP contribution in [0.15, 0.2) is 21.5 Å². The number of aryl methyl sites for hydroxylation is 2. The Labute approximate surface area is 96.0 Å². The topological polar surface area (TPSA) is 48.0 Å². The number of aromatic nitrogens is 1. The number of halogens is 1. The van der Waals surface area contributed by atoms with Crippen molar-refractivity contribution >= 4 is 33.1 Å². The second kappa shape index (κ2) is 4.70. The molecule has 1 aromatic heterocycles. The van der Waals surface area contributed by atoms with Crippen molar-refractivity contribution in [3.63, 3.8) is 0 Å². The highest BCUT2D eigenvalue weighted by molar-refractivity contribution is 9.10. The van der Waals surface area contributed by atoms with E-state index in [9.17, 15) is 4.79 Å². The first-order valence-corrected chi connectivity index (χ1v) is 5.35. The molecule has 0 radical (unpaired) electrons. The molecule has 0 fully saturated rings. The van der Waals surface area contributed by atoms with Crippen molar-refractivity contribution in [1.29, 1.82) is 0 Å². The van der Waals surface area contributed by atoms with Gasteiger partial charge in [-0.1, -0.05) is 12.2 Å². The van der Waals surface area contributed by atoms with E-state index in [4.69, 9.17) is 18.0 Å². The number of hydrogen-bond donors (Lipinski definition) is 1. The van der Waals surface area contributed by atoms with Crippen molar-refractivity contribution in [2.75, 3.05) is 0 Å². The zero-order chi connectivity index (χ0) is 10.7. The van der Waals surface area contributed by atoms with Crippen LogP contribution in [0.3, 0.4) is 0 Å². The number of pyridine rings is 1. The quantitative estimate of drug-likeness (QED) is 0.852. The Morgan fingerprint density at radius 2 is 2.36 bits per heavy atom. The molecule has 1 heterocycles. The van der Waals surface area contributed by atoms with E-state index in [0.29, 0.717) is 18.0 Å². The van der Waals surface area contributed by atoms with Gasteiger partial charge in [-0.15, -0.1) is 0 Å². The predicted molar refractivity (Wildman–Crippen MR) is 64.5 cm³/mol. The minimum absolute atomic E-state index is 0.0260. The Balaban J connectivity index is 2.93. The number of nitrogens with zero attached hydrogens (tertiary/aromatic N) is 1. The van der Waals surface area contributed by atoms with E-state index in [1.54, 1.807) is 16.8 Å². The molecule has 76 valence electrons. The monoisotopic (exact) mass is 274 g/mol. The summed E-state index contributed by atoms with van der Waals surface area (Å²) < 4.78 is 2.51. The van der Waals surface area contributed by atoms with Gasteiger partial charge < -0.3 is 10.3 Å². The van der Waals surface area contributed by atoms with Crippen molar-refractivity contribution in [2.45, 2.75) is 19.9 Å². The summed E-state index contributed by atoms with van der Waals surface area (Å²) in [5.74, 6) is 0. The van der Waals surface area contributed by atoms with E-state index >= 15 is 0 Å². The van der Waals surface area contributed by atoms with Crippen molar-refractivity contribution in [3.05, 3.63) is 32.7 Å². The van der Waals surface area contributed by atoms with Gasteiger partial charge in [-0.3, -0.25) is 4.79 Å². The summed E-state index contributed by atoms with van der Waals surface area (Å²) in [6, 6.07) is 1.59. The maximum Gasteiger partial charge on any atom is 0.250 e. The first-order valence-electron chi connectivity index (χ1n) is 4.15. The van der Waals surface area contributed by atoms with Gasteiger partial charge in [0, 0.05) is 29.7 Å². The highest BCUT2D eigenvalue weighted by Gasteiger charge is 2.01. The fourth-order valence-corrected chi connectivity index (χ4v) is 1.50. The second-order valence-electron chi connectivity index (χ2n) is 3.05. The minimum atomic E-state index is -0.0260. The maximum absolute atomic E-state index is 11.5. The van der Waals surface area contributed by atoms with Crippen LogP contribution in [0.2, 0.25) is 0 Å². The van der Waals surface area contributed by atoms with Gasteiger partial charge in [-0.2, -0.15) is 0 Å². The summed E-state index contributed by atoms with van der Waals surface area (Å²) in [6.45, 7) is 2.41. The summed E-state index contributed by atoms with van der Waals surface area (Å²) in [7, 11) is 0. The van der Waals surface area contributed by atoms with Gasteiger partial charge >= 0.3 is 0 Å². The standard InChI is InChI=1S/C9H11BrN2OS/c1-6-4-9(13)12(5-7(6)10)3-2-8(11)14/h4-5H,2-3H2,1H3,(H2,11,14). The van der Waals surface area contributed by atoms with Crippen LogP contribution >= 0.6 is 28.1 Å². The van der Waals surface area contributed by atoms with E-state index < -0.39 is 0 Å². The molecule has 0 amide bonds. The van der Waals surface area contributed by atoms with Gasteiger partial charge in [0.15, 0.2) is 0 Å². The molecule has 0 spiro atoms. The summed E-state index contributed by atoms with van der Waals surface area (Å²) in [4.78, 5) is 11.9. The SMILES string of the molecule is Cc1cc(=O)n(CCC(N)=S)cc1Br. The third-order valence-corrected chi connectivity index (χ3v) is 2.90. The summed E-state index contributed by atoms with van der Waals surface area (Å²) in [5, 5.41) is 0. The van der Waals surface area contributed by atoms with E-state index in [2.05, 4.69) is 15.9 Å². The Kier molecular flexibility index (Phi) is 3.83. The normalized spacial score (nSPS) is 10.1. The maximum atomic E-state index is 11.5. The van der Waals surface area contributed by atoms with Crippen molar-refractivity contribution in [2.24, 2.45) is 5.73 Å². The average molecular weight is 275 g/mol. The molecule has 5 heteroatoms. The molecule has 1 rings (SSSR count). The number of nitrogens with two attached hydrogens (primary N) is 1. The molecule has 0 atom stereocenters. The number of thiocarbonyl (C=S) groups is 1. The van der Waals surface area contributed by atoms with Gasteiger partial charge in [0.05, 0.1) is 4.99 Å². The summed E-state index contributed by atoms with van der Waals surface area (Å²) >= 11 is 8.11. The van der Waals surface area contributed by atoms with E-state index in [0.717, 1.165) is 10.0 Å². The number of hydrogen-bond acceptors (Lipinski definition) is 2. The third kappa shape index (κ3) is 2.92. The molecule has 0 saturated carbocycles. The van der Waals surface area contributed by atoms with Crippen LogP contribution in [0.5, 0.6) is 0 Å². The fraction of sp³-hybridized carbons (Fsp3) is 0.333. The van der Waals surface area contributed by atoms with Crippen LogP contribution < -0.4 is 11.3 Å². The Bertz CT molecular complexity index is 414. The second-order valence-corrected chi connectivity index (χ2v) is 4.43.